The van der Waals surface area contributed by atoms with E-state index >= 15 is 0 Å². The number of hydrogen-bond acceptors (Lipinski definition) is 12. The van der Waals surface area contributed by atoms with Crippen molar-refractivity contribution in [3.05, 3.63) is 65.7 Å². The van der Waals surface area contributed by atoms with Crippen molar-refractivity contribution in [1.29, 1.82) is 0 Å². The molecule has 14 nitrogen and oxygen atoms in total. The number of aliphatic imine (C=N–C) groups is 1. The molecule has 1 amide bonds. The average molecular weight is 655 g/mol. The molecule has 0 fully saturated rings. The Morgan fingerprint density at radius 3 is 2.35 bits per heavy atom. The fraction of sp³-hybridized carbons (Fsp3) is 0.355. The molecule has 3 aromatic rings. The molecule has 2 aromatic carbocycles. The quantitative estimate of drug-likeness (QED) is 0.235. The van der Waals surface area contributed by atoms with Crippen molar-refractivity contribution in [1.82, 2.24) is 9.55 Å². The summed E-state index contributed by atoms with van der Waals surface area (Å²) in [7, 11) is -0.568. The molecule has 3 unspecified atom stereocenters. The van der Waals surface area contributed by atoms with Crippen molar-refractivity contribution < 1.29 is 46.5 Å². The molecule has 0 saturated heterocycles. The first kappa shape index (κ1) is 33.8. The molecule has 1 aromatic heterocycles. The minimum Gasteiger partial charge on any atom is -0.495 e. The van der Waals surface area contributed by atoms with Gasteiger partial charge in [0.2, 0.25) is 0 Å². The van der Waals surface area contributed by atoms with Crippen LogP contribution in [0, 0.1) is 5.92 Å². The second kappa shape index (κ2) is 13.9. The molecule has 0 aliphatic carbocycles. The van der Waals surface area contributed by atoms with E-state index in [-0.39, 0.29) is 45.8 Å². The Kier molecular flexibility index (Phi) is 10.2. The van der Waals surface area contributed by atoms with Gasteiger partial charge < -0.3 is 28.8 Å². The van der Waals surface area contributed by atoms with E-state index in [0.717, 1.165) is 31.5 Å². The van der Waals surface area contributed by atoms with Gasteiger partial charge >= 0.3 is 17.9 Å². The molecule has 4 rings (SSSR count). The molecule has 1 N–H and O–H groups in total. The molecule has 0 bridgehead atoms. The minimum atomic E-state index is -4.07. The number of ether oxygens (including phenoxy) is 4. The van der Waals surface area contributed by atoms with Crippen LogP contribution >= 0.6 is 0 Å². The van der Waals surface area contributed by atoms with Crippen LogP contribution in [0.2, 0.25) is 0 Å². The molecule has 0 spiro atoms. The maximum absolute atomic E-state index is 14.3. The van der Waals surface area contributed by atoms with Crippen molar-refractivity contribution in [3.63, 3.8) is 0 Å². The highest BCUT2D eigenvalue weighted by Crippen LogP contribution is 2.37. The van der Waals surface area contributed by atoms with Gasteiger partial charge in [-0.25, -0.2) is 27.8 Å². The third-order valence-corrected chi connectivity index (χ3v) is 9.68. The van der Waals surface area contributed by atoms with E-state index in [1.807, 2.05) is 13.8 Å². The number of esters is 3. The first-order valence-corrected chi connectivity index (χ1v) is 15.7. The number of amides is 1. The van der Waals surface area contributed by atoms with E-state index in [2.05, 4.69) is 15.3 Å². The highest BCUT2D eigenvalue weighted by atomic mass is 32.2. The number of sulfone groups is 1. The number of benzene rings is 2. The number of carbonyl (C=O) groups is 4. The van der Waals surface area contributed by atoms with Gasteiger partial charge in [0.1, 0.15) is 11.0 Å². The molecule has 0 radical (unpaired) electrons. The Morgan fingerprint density at radius 2 is 1.70 bits per heavy atom. The van der Waals surface area contributed by atoms with E-state index in [4.69, 9.17) is 18.9 Å². The van der Waals surface area contributed by atoms with Gasteiger partial charge in [0.05, 0.1) is 61.8 Å². The van der Waals surface area contributed by atoms with Gasteiger partial charge in [-0.3, -0.25) is 9.79 Å². The highest BCUT2D eigenvalue weighted by molar-refractivity contribution is 7.93. The number of aromatic nitrogens is 2. The standard InChI is InChI=1S/C31H34N4O10S/c1-7-17(2)15-45-29(37)19-12-13-22(42-4)21(14-19)34-28(36)26(35-16-32-25(30(38)43-5)27(35)31(39)44-6)24-18(3)46(40,41)23-11-9-8-10-20(23)33-24/h8-14,16-18,26H,7,15H2,1-6H3,(H,34,36). The summed E-state index contributed by atoms with van der Waals surface area (Å²) in [4.78, 5) is 61.2. The summed E-state index contributed by atoms with van der Waals surface area (Å²) in [6.45, 7) is 5.45. The highest BCUT2D eigenvalue weighted by Gasteiger charge is 2.43. The van der Waals surface area contributed by atoms with Crippen molar-refractivity contribution in [2.75, 3.05) is 33.3 Å². The van der Waals surface area contributed by atoms with Crippen molar-refractivity contribution in [2.45, 2.75) is 43.4 Å². The number of anilines is 1. The molecular formula is C31H34N4O10S. The van der Waals surface area contributed by atoms with Gasteiger partial charge in [-0.05, 0) is 43.2 Å². The first-order chi connectivity index (χ1) is 21.9. The number of imidazole rings is 1. The van der Waals surface area contributed by atoms with Crippen LogP contribution in [0.4, 0.5) is 11.4 Å². The summed E-state index contributed by atoms with van der Waals surface area (Å²) in [6.07, 6.45) is 1.83. The normalized spacial score (nSPS) is 16.2. The summed E-state index contributed by atoms with van der Waals surface area (Å²) >= 11 is 0. The summed E-state index contributed by atoms with van der Waals surface area (Å²) in [6, 6.07) is 8.61. The predicted octanol–water partition coefficient (Wildman–Crippen LogP) is 3.80. The summed E-state index contributed by atoms with van der Waals surface area (Å²) in [5.74, 6) is -3.28. The topological polar surface area (TPSA) is 182 Å². The molecule has 15 heteroatoms. The lowest BCUT2D eigenvalue weighted by molar-refractivity contribution is -0.117. The first-order valence-electron chi connectivity index (χ1n) is 14.2. The third-order valence-electron chi connectivity index (χ3n) is 7.55. The number of nitrogens with zero attached hydrogens (tertiary/aromatic N) is 3. The van der Waals surface area contributed by atoms with Gasteiger partial charge in [0.15, 0.2) is 27.3 Å². The summed E-state index contributed by atoms with van der Waals surface area (Å²) in [5, 5.41) is 1.31. The number of hydrogen-bond donors (Lipinski definition) is 1. The molecule has 46 heavy (non-hydrogen) atoms. The Labute approximate surface area is 265 Å². The van der Waals surface area contributed by atoms with Gasteiger partial charge in [-0.2, -0.15) is 0 Å². The smallest absolute Gasteiger partial charge is 0.359 e. The van der Waals surface area contributed by atoms with Crippen LogP contribution in [0.15, 0.2) is 58.7 Å². The number of rotatable bonds is 11. The summed E-state index contributed by atoms with van der Waals surface area (Å²) in [5.41, 5.74) is -0.904. The van der Waals surface area contributed by atoms with Crippen LogP contribution in [0.3, 0.4) is 0 Å². The Hall–Kier alpha value is -5.05. The van der Waals surface area contributed by atoms with E-state index in [9.17, 15) is 27.6 Å². The second-order valence-electron chi connectivity index (χ2n) is 10.4. The van der Waals surface area contributed by atoms with Gasteiger partial charge in [-0.15, -0.1) is 0 Å². The Bertz CT molecular complexity index is 1810. The van der Waals surface area contributed by atoms with E-state index in [0.29, 0.717) is 0 Å². The maximum Gasteiger partial charge on any atom is 0.359 e. The molecule has 0 saturated carbocycles. The summed E-state index contributed by atoms with van der Waals surface area (Å²) < 4.78 is 48.8. The predicted molar refractivity (Wildman–Crippen MR) is 165 cm³/mol. The lowest BCUT2D eigenvalue weighted by Gasteiger charge is -2.29. The maximum atomic E-state index is 14.3. The number of para-hydroxylation sites is 1. The molecular weight excluding hydrogens is 620 g/mol. The number of carbonyl (C=O) groups excluding carboxylic acids is 4. The third kappa shape index (κ3) is 6.49. The van der Waals surface area contributed by atoms with E-state index < -0.39 is 56.3 Å². The van der Waals surface area contributed by atoms with Gasteiger partial charge in [-0.1, -0.05) is 32.4 Å². The molecule has 1 aliphatic rings. The van der Waals surface area contributed by atoms with E-state index in [1.54, 1.807) is 12.1 Å². The zero-order chi connectivity index (χ0) is 33.8. The van der Waals surface area contributed by atoms with Gasteiger partial charge in [0.25, 0.3) is 5.91 Å². The fourth-order valence-electron chi connectivity index (χ4n) is 4.71. The van der Waals surface area contributed by atoms with Crippen LogP contribution in [-0.4, -0.2) is 80.7 Å². The number of fused-ring (bicyclic) bond motifs is 1. The van der Waals surface area contributed by atoms with Crippen LogP contribution in [-0.2, 0) is 28.8 Å². The average Bonchev–Trinajstić information content (AvgIpc) is 3.49. The van der Waals surface area contributed by atoms with E-state index in [1.165, 1.54) is 44.4 Å². The second-order valence-corrected chi connectivity index (χ2v) is 12.7. The van der Waals surface area contributed by atoms with Crippen molar-refractivity contribution >= 4 is 50.7 Å². The van der Waals surface area contributed by atoms with Crippen LogP contribution < -0.4 is 10.1 Å². The Morgan fingerprint density at radius 1 is 1.00 bits per heavy atom. The van der Waals surface area contributed by atoms with Crippen LogP contribution in [0.1, 0.15) is 64.6 Å². The minimum absolute atomic E-state index is 0.0373. The van der Waals surface area contributed by atoms with Gasteiger partial charge in [0, 0.05) is 0 Å². The lowest BCUT2D eigenvalue weighted by Crippen LogP contribution is -2.42. The molecule has 2 heterocycles. The van der Waals surface area contributed by atoms with Crippen molar-refractivity contribution in [2.24, 2.45) is 10.9 Å². The zero-order valence-corrected chi connectivity index (χ0v) is 26.9. The van der Waals surface area contributed by atoms with Crippen LogP contribution in [0.5, 0.6) is 5.75 Å². The fourth-order valence-corrected chi connectivity index (χ4v) is 6.26. The Balaban J connectivity index is 1.89. The zero-order valence-electron chi connectivity index (χ0n) is 26.1. The monoisotopic (exact) mass is 654 g/mol. The molecule has 244 valence electrons. The largest absolute Gasteiger partial charge is 0.495 e. The molecule has 3 atom stereocenters. The number of nitrogens with one attached hydrogen (secondary N) is 1. The van der Waals surface area contributed by atoms with Crippen LogP contribution in [0.25, 0.3) is 0 Å². The lowest BCUT2D eigenvalue weighted by atomic mass is 10.1. The SMILES string of the molecule is CCC(C)COC(=O)c1ccc(OC)c(NC(=O)C(C2=Nc3ccccc3S(=O)(=O)C2C)n2cnc(C(=O)OC)c2C(=O)OC)c1. The van der Waals surface area contributed by atoms with Crippen molar-refractivity contribution in [3.8, 4) is 5.75 Å². The number of methoxy groups -OCH3 is 3. The molecule has 1 aliphatic heterocycles.